The molecule has 1 atom stereocenters. The number of rotatable bonds is 4. The molecule has 4 heteroatoms. The smallest absolute Gasteiger partial charge is 0.314 e. The standard InChI is InChI=1S/C14H13ClO3/c1-14(13(16)17,9-12-3-2-8-18-12)10-4-6-11(15)7-5-10/h2-8H,9H2,1H3,(H,16,17). The zero-order valence-electron chi connectivity index (χ0n) is 9.89. The van der Waals surface area contributed by atoms with Crippen LogP contribution in [0.15, 0.2) is 47.1 Å². The van der Waals surface area contributed by atoms with Gasteiger partial charge in [-0.3, -0.25) is 4.79 Å². The molecule has 1 aromatic heterocycles. The molecule has 1 aromatic carbocycles. The van der Waals surface area contributed by atoms with Gasteiger partial charge in [0.05, 0.1) is 11.7 Å². The van der Waals surface area contributed by atoms with Crippen LogP contribution in [0.3, 0.4) is 0 Å². The summed E-state index contributed by atoms with van der Waals surface area (Å²) < 4.78 is 5.24. The van der Waals surface area contributed by atoms with Gasteiger partial charge in [-0.2, -0.15) is 0 Å². The summed E-state index contributed by atoms with van der Waals surface area (Å²) in [6, 6.07) is 10.4. The number of aliphatic carboxylic acids is 1. The molecule has 2 aromatic rings. The summed E-state index contributed by atoms with van der Waals surface area (Å²) in [6.45, 7) is 1.68. The lowest BCUT2D eigenvalue weighted by Crippen LogP contribution is -2.34. The quantitative estimate of drug-likeness (QED) is 0.919. The third-order valence-electron chi connectivity index (χ3n) is 3.06. The zero-order valence-corrected chi connectivity index (χ0v) is 10.6. The summed E-state index contributed by atoms with van der Waals surface area (Å²) in [6.07, 6.45) is 1.84. The predicted octanol–water partition coefficient (Wildman–Crippen LogP) is 3.52. The van der Waals surface area contributed by atoms with Crippen LogP contribution in [-0.4, -0.2) is 11.1 Å². The Labute approximate surface area is 110 Å². The minimum Gasteiger partial charge on any atom is -0.481 e. The van der Waals surface area contributed by atoms with Gasteiger partial charge in [0.15, 0.2) is 0 Å². The van der Waals surface area contributed by atoms with Crippen molar-refractivity contribution in [1.29, 1.82) is 0 Å². The third-order valence-corrected chi connectivity index (χ3v) is 3.31. The van der Waals surface area contributed by atoms with E-state index in [9.17, 15) is 9.90 Å². The van der Waals surface area contributed by atoms with Crippen molar-refractivity contribution in [2.24, 2.45) is 0 Å². The molecule has 1 unspecified atom stereocenters. The van der Waals surface area contributed by atoms with Gasteiger partial charge in [-0.15, -0.1) is 0 Å². The number of hydrogen-bond acceptors (Lipinski definition) is 2. The first-order chi connectivity index (χ1) is 8.52. The van der Waals surface area contributed by atoms with E-state index >= 15 is 0 Å². The second kappa shape index (κ2) is 4.86. The minimum absolute atomic E-state index is 0.303. The fourth-order valence-electron chi connectivity index (χ4n) is 1.88. The Kier molecular flexibility index (Phi) is 3.43. The molecule has 94 valence electrons. The number of benzene rings is 1. The molecule has 0 spiro atoms. The molecule has 0 saturated carbocycles. The van der Waals surface area contributed by atoms with E-state index in [0.717, 1.165) is 0 Å². The normalized spacial score (nSPS) is 14.1. The van der Waals surface area contributed by atoms with E-state index in [1.54, 1.807) is 49.6 Å². The molecule has 3 nitrogen and oxygen atoms in total. The molecule has 0 aliphatic carbocycles. The second-order valence-electron chi connectivity index (χ2n) is 4.40. The van der Waals surface area contributed by atoms with Crippen molar-refractivity contribution in [3.8, 4) is 0 Å². The minimum atomic E-state index is -1.03. The number of hydrogen-bond donors (Lipinski definition) is 1. The van der Waals surface area contributed by atoms with E-state index in [-0.39, 0.29) is 0 Å². The van der Waals surface area contributed by atoms with E-state index in [0.29, 0.717) is 22.8 Å². The topological polar surface area (TPSA) is 50.4 Å². The molecular formula is C14H13ClO3. The molecular weight excluding hydrogens is 252 g/mol. The van der Waals surface area contributed by atoms with Gasteiger partial charge >= 0.3 is 5.97 Å². The molecule has 0 amide bonds. The van der Waals surface area contributed by atoms with E-state index in [1.165, 1.54) is 0 Å². The largest absolute Gasteiger partial charge is 0.481 e. The first-order valence-corrected chi connectivity index (χ1v) is 5.92. The van der Waals surface area contributed by atoms with Crippen LogP contribution in [0, 0.1) is 0 Å². The average molecular weight is 265 g/mol. The van der Waals surface area contributed by atoms with E-state index in [1.807, 2.05) is 0 Å². The lowest BCUT2D eigenvalue weighted by Gasteiger charge is -2.24. The summed E-state index contributed by atoms with van der Waals surface area (Å²) >= 11 is 5.82. The highest BCUT2D eigenvalue weighted by molar-refractivity contribution is 6.30. The van der Waals surface area contributed by atoms with E-state index in [4.69, 9.17) is 16.0 Å². The molecule has 18 heavy (non-hydrogen) atoms. The first kappa shape index (κ1) is 12.7. The number of halogens is 1. The maximum atomic E-state index is 11.6. The van der Waals surface area contributed by atoms with Crippen molar-refractivity contribution in [2.45, 2.75) is 18.8 Å². The first-order valence-electron chi connectivity index (χ1n) is 5.54. The molecule has 2 rings (SSSR count). The second-order valence-corrected chi connectivity index (χ2v) is 4.84. The van der Waals surface area contributed by atoms with E-state index < -0.39 is 11.4 Å². The van der Waals surface area contributed by atoms with Crippen molar-refractivity contribution in [3.05, 3.63) is 59.0 Å². The highest BCUT2D eigenvalue weighted by Crippen LogP contribution is 2.29. The Bertz CT molecular complexity index is 531. The molecule has 0 aliphatic rings. The van der Waals surface area contributed by atoms with Gasteiger partial charge in [0.2, 0.25) is 0 Å². The number of carboxylic acid groups (broad SMARTS) is 1. The summed E-state index contributed by atoms with van der Waals surface area (Å²) in [5.41, 5.74) is -0.321. The molecule has 1 heterocycles. The van der Waals surface area contributed by atoms with E-state index in [2.05, 4.69) is 0 Å². The van der Waals surface area contributed by atoms with Crippen molar-refractivity contribution in [2.75, 3.05) is 0 Å². The Balaban J connectivity index is 2.37. The van der Waals surface area contributed by atoms with Crippen LogP contribution in [0.25, 0.3) is 0 Å². The van der Waals surface area contributed by atoms with Gasteiger partial charge in [-0.1, -0.05) is 23.7 Å². The Morgan fingerprint density at radius 2 is 2.00 bits per heavy atom. The van der Waals surface area contributed by atoms with Crippen LogP contribution in [0.2, 0.25) is 5.02 Å². The highest BCUT2D eigenvalue weighted by Gasteiger charge is 2.36. The zero-order chi connectivity index (χ0) is 13.2. The van der Waals surface area contributed by atoms with Gasteiger partial charge in [-0.05, 0) is 36.8 Å². The number of furan rings is 1. The Morgan fingerprint density at radius 1 is 1.33 bits per heavy atom. The Morgan fingerprint density at radius 3 is 2.50 bits per heavy atom. The van der Waals surface area contributed by atoms with Gasteiger partial charge < -0.3 is 9.52 Å². The lowest BCUT2D eigenvalue weighted by molar-refractivity contribution is -0.143. The molecule has 0 saturated heterocycles. The molecule has 0 aliphatic heterocycles. The molecule has 0 fully saturated rings. The molecule has 1 N–H and O–H groups in total. The summed E-state index contributed by atoms with van der Waals surface area (Å²) in [5, 5.41) is 10.1. The summed E-state index contributed by atoms with van der Waals surface area (Å²) in [7, 11) is 0. The van der Waals surface area contributed by atoms with Gasteiger partial charge in [0, 0.05) is 11.4 Å². The number of carboxylic acids is 1. The van der Waals surface area contributed by atoms with Crippen LogP contribution in [0.4, 0.5) is 0 Å². The van der Waals surface area contributed by atoms with Gasteiger partial charge in [-0.25, -0.2) is 0 Å². The average Bonchev–Trinajstić information content (AvgIpc) is 2.82. The maximum absolute atomic E-state index is 11.6. The van der Waals surface area contributed by atoms with Crippen LogP contribution in [-0.2, 0) is 16.6 Å². The van der Waals surface area contributed by atoms with Crippen LogP contribution in [0.5, 0.6) is 0 Å². The SMILES string of the molecule is CC(Cc1ccco1)(C(=O)O)c1ccc(Cl)cc1. The monoisotopic (exact) mass is 264 g/mol. The maximum Gasteiger partial charge on any atom is 0.314 e. The van der Waals surface area contributed by atoms with Crippen LogP contribution in [0.1, 0.15) is 18.2 Å². The summed E-state index contributed by atoms with van der Waals surface area (Å²) in [5.74, 6) is -0.240. The van der Waals surface area contributed by atoms with Gasteiger partial charge in [0.25, 0.3) is 0 Å². The van der Waals surface area contributed by atoms with Crippen molar-refractivity contribution in [1.82, 2.24) is 0 Å². The summed E-state index contributed by atoms with van der Waals surface area (Å²) in [4.78, 5) is 11.6. The van der Waals surface area contributed by atoms with Gasteiger partial charge in [0.1, 0.15) is 5.76 Å². The van der Waals surface area contributed by atoms with Crippen molar-refractivity contribution < 1.29 is 14.3 Å². The highest BCUT2D eigenvalue weighted by atomic mass is 35.5. The molecule has 0 bridgehead atoms. The fourth-order valence-corrected chi connectivity index (χ4v) is 2.01. The predicted molar refractivity (Wildman–Crippen MR) is 68.9 cm³/mol. The number of carbonyl (C=O) groups is 1. The van der Waals surface area contributed by atoms with Crippen molar-refractivity contribution >= 4 is 17.6 Å². The lowest BCUT2D eigenvalue weighted by atomic mass is 9.79. The third kappa shape index (κ3) is 2.41. The van der Waals surface area contributed by atoms with Crippen LogP contribution < -0.4 is 0 Å². The fraction of sp³-hybridized carbons (Fsp3) is 0.214. The van der Waals surface area contributed by atoms with Crippen molar-refractivity contribution in [3.63, 3.8) is 0 Å². The Hall–Kier alpha value is -1.74. The van der Waals surface area contributed by atoms with Crippen LogP contribution >= 0.6 is 11.6 Å². The molecule has 0 radical (unpaired) electrons.